The Hall–Kier alpha value is -2.28. The van der Waals surface area contributed by atoms with E-state index in [2.05, 4.69) is 20.5 Å². The standard InChI is InChI=1S/C18H27N5O2/c24-18(20-7-5-9-22-12-8-19-15-22)21-14-16(17-6-4-13-25-17)23-10-2-1-3-11-23/h4,6,8,12-13,15-16H,1-3,5,7,9-11,14H2,(H2,20,21,24)/t16-/m1/s1. The summed E-state index contributed by atoms with van der Waals surface area (Å²) in [7, 11) is 0. The van der Waals surface area contributed by atoms with E-state index in [1.54, 1.807) is 18.8 Å². The topological polar surface area (TPSA) is 75.3 Å². The fraction of sp³-hybridized carbons (Fsp3) is 0.556. The molecule has 1 atom stereocenters. The zero-order chi connectivity index (χ0) is 17.3. The van der Waals surface area contributed by atoms with Crippen molar-refractivity contribution in [3.05, 3.63) is 42.9 Å². The van der Waals surface area contributed by atoms with Gasteiger partial charge in [-0.15, -0.1) is 0 Å². The second-order valence-electron chi connectivity index (χ2n) is 6.42. The Kier molecular flexibility index (Phi) is 6.50. The number of piperidine rings is 1. The minimum absolute atomic E-state index is 0.104. The predicted octanol–water partition coefficient (Wildman–Crippen LogP) is 2.39. The molecular formula is C18H27N5O2. The zero-order valence-electron chi connectivity index (χ0n) is 14.6. The van der Waals surface area contributed by atoms with Crippen LogP contribution < -0.4 is 10.6 Å². The van der Waals surface area contributed by atoms with Crippen LogP contribution in [0.3, 0.4) is 0 Å². The van der Waals surface area contributed by atoms with Crippen LogP contribution in [-0.4, -0.2) is 46.7 Å². The third kappa shape index (κ3) is 5.35. The van der Waals surface area contributed by atoms with Crippen LogP contribution in [-0.2, 0) is 6.54 Å². The van der Waals surface area contributed by atoms with Crippen molar-refractivity contribution in [3.8, 4) is 0 Å². The molecule has 25 heavy (non-hydrogen) atoms. The van der Waals surface area contributed by atoms with E-state index in [9.17, 15) is 4.79 Å². The Morgan fingerprint density at radius 3 is 2.88 bits per heavy atom. The third-order valence-corrected chi connectivity index (χ3v) is 4.60. The normalized spacial score (nSPS) is 16.5. The van der Waals surface area contributed by atoms with E-state index >= 15 is 0 Å². The number of carbonyl (C=O) groups excluding carboxylic acids is 1. The number of hydrogen-bond donors (Lipinski definition) is 2. The highest BCUT2D eigenvalue weighted by atomic mass is 16.3. The number of hydrogen-bond acceptors (Lipinski definition) is 4. The average Bonchev–Trinajstić information content (AvgIpc) is 3.34. The van der Waals surface area contributed by atoms with Gasteiger partial charge in [0.1, 0.15) is 5.76 Å². The van der Waals surface area contributed by atoms with Gasteiger partial charge >= 0.3 is 6.03 Å². The number of aromatic nitrogens is 2. The maximum absolute atomic E-state index is 12.1. The highest BCUT2D eigenvalue weighted by Gasteiger charge is 2.24. The maximum Gasteiger partial charge on any atom is 0.314 e. The number of aryl methyl sites for hydroxylation is 1. The molecule has 7 heteroatoms. The minimum Gasteiger partial charge on any atom is -0.468 e. The van der Waals surface area contributed by atoms with Gasteiger partial charge in [-0.05, 0) is 44.5 Å². The van der Waals surface area contributed by atoms with Gasteiger partial charge in [0.2, 0.25) is 0 Å². The van der Waals surface area contributed by atoms with E-state index in [0.717, 1.165) is 31.8 Å². The average molecular weight is 345 g/mol. The third-order valence-electron chi connectivity index (χ3n) is 4.60. The van der Waals surface area contributed by atoms with E-state index in [0.29, 0.717) is 13.1 Å². The van der Waals surface area contributed by atoms with E-state index in [1.807, 2.05) is 22.9 Å². The molecule has 1 fully saturated rings. The Balaban J connectivity index is 1.41. The molecule has 2 amide bonds. The van der Waals surface area contributed by atoms with Crippen molar-refractivity contribution in [1.82, 2.24) is 25.1 Å². The van der Waals surface area contributed by atoms with Gasteiger partial charge in [-0.3, -0.25) is 4.90 Å². The number of imidazole rings is 1. The summed E-state index contributed by atoms with van der Waals surface area (Å²) < 4.78 is 7.60. The van der Waals surface area contributed by atoms with E-state index < -0.39 is 0 Å². The van der Waals surface area contributed by atoms with Crippen molar-refractivity contribution in [2.75, 3.05) is 26.2 Å². The summed E-state index contributed by atoms with van der Waals surface area (Å²) in [5.74, 6) is 0.919. The molecule has 1 aliphatic rings. The first-order valence-electron chi connectivity index (χ1n) is 9.08. The van der Waals surface area contributed by atoms with E-state index in [-0.39, 0.29) is 12.1 Å². The molecule has 2 aromatic heterocycles. The minimum atomic E-state index is -0.126. The fourth-order valence-corrected chi connectivity index (χ4v) is 3.25. The first kappa shape index (κ1) is 17.5. The Morgan fingerprint density at radius 1 is 1.28 bits per heavy atom. The summed E-state index contributed by atoms with van der Waals surface area (Å²) in [5.41, 5.74) is 0. The Morgan fingerprint density at radius 2 is 2.16 bits per heavy atom. The van der Waals surface area contributed by atoms with Crippen LogP contribution in [0.2, 0.25) is 0 Å². The number of carbonyl (C=O) groups is 1. The molecule has 3 rings (SSSR count). The first-order valence-corrected chi connectivity index (χ1v) is 9.08. The molecule has 0 radical (unpaired) electrons. The van der Waals surface area contributed by atoms with Crippen molar-refractivity contribution in [1.29, 1.82) is 0 Å². The van der Waals surface area contributed by atoms with Crippen LogP contribution in [0.4, 0.5) is 4.79 Å². The second kappa shape index (κ2) is 9.27. The van der Waals surface area contributed by atoms with Gasteiger partial charge in [0.05, 0.1) is 18.6 Å². The van der Waals surface area contributed by atoms with Crippen molar-refractivity contribution in [2.45, 2.75) is 38.3 Å². The van der Waals surface area contributed by atoms with Crippen LogP contribution in [0, 0.1) is 0 Å². The molecule has 0 spiro atoms. The first-order chi connectivity index (χ1) is 12.3. The zero-order valence-corrected chi connectivity index (χ0v) is 14.6. The molecule has 0 saturated carbocycles. The summed E-state index contributed by atoms with van der Waals surface area (Å²) >= 11 is 0. The summed E-state index contributed by atoms with van der Waals surface area (Å²) in [4.78, 5) is 18.5. The van der Waals surface area contributed by atoms with Crippen molar-refractivity contribution in [2.24, 2.45) is 0 Å². The highest BCUT2D eigenvalue weighted by Crippen LogP contribution is 2.24. The molecule has 2 N–H and O–H groups in total. The molecule has 0 aliphatic carbocycles. The second-order valence-corrected chi connectivity index (χ2v) is 6.42. The lowest BCUT2D eigenvalue weighted by molar-refractivity contribution is 0.143. The van der Waals surface area contributed by atoms with Crippen LogP contribution in [0.1, 0.15) is 37.5 Å². The molecule has 136 valence electrons. The Labute approximate surface area is 148 Å². The quantitative estimate of drug-likeness (QED) is 0.721. The molecule has 0 unspecified atom stereocenters. The summed E-state index contributed by atoms with van der Waals surface area (Å²) in [6, 6.07) is 3.87. The van der Waals surface area contributed by atoms with Crippen LogP contribution in [0.5, 0.6) is 0 Å². The Bertz CT molecular complexity index is 605. The molecule has 1 aliphatic heterocycles. The van der Waals surface area contributed by atoms with Gasteiger partial charge in [0, 0.05) is 32.0 Å². The van der Waals surface area contributed by atoms with Crippen LogP contribution >= 0.6 is 0 Å². The smallest absolute Gasteiger partial charge is 0.314 e. The lowest BCUT2D eigenvalue weighted by atomic mass is 10.1. The van der Waals surface area contributed by atoms with Crippen molar-refractivity contribution in [3.63, 3.8) is 0 Å². The van der Waals surface area contributed by atoms with Gasteiger partial charge in [0.25, 0.3) is 0 Å². The van der Waals surface area contributed by atoms with Gasteiger partial charge < -0.3 is 19.6 Å². The number of nitrogens with one attached hydrogen (secondary N) is 2. The van der Waals surface area contributed by atoms with E-state index in [1.165, 1.54) is 19.3 Å². The number of urea groups is 1. The highest BCUT2D eigenvalue weighted by molar-refractivity contribution is 5.73. The number of furan rings is 1. The molecule has 2 aromatic rings. The van der Waals surface area contributed by atoms with E-state index in [4.69, 9.17) is 4.42 Å². The molecule has 0 aromatic carbocycles. The van der Waals surface area contributed by atoms with Crippen molar-refractivity contribution >= 4 is 6.03 Å². The molecule has 3 heterocycles. The van der Waals surface area contributed by atoms with Crippen molar-refractivity contribution < 1.29 is 9.21 Å². The van der Waals surface area contributed by atoms with Crippen LogP contribution in [0.15, 0.2) is 41.5 Å². The van der Waals surface area contributed by atoms with Gasteiger partial charge in [0.15, 0.2) is 0 Å². The van der Waals surface area contributed by atoms with Gasteiger partial charge in [-0.25, -0.2) is 9.78 Å². The summed E-state index contributed by atoms with van der Waals surface area (Å²) in [5, 5.41) is 5.91. The number of nitrogens with zero attached hydrogens (tertiary/aromatic N) is 3. The number of likely N-dealkylation sites (tertiary alicyclic amines) is 1. The largest absolute Gasteiger partial charge is 0.468 e. The van der Waals surface area contributed by atoms with Gasteiger partial charge in [-0.1, -0.05) is 6.42 Å². The van der Waals surface area contributed by atoms with Gasteiger partial charge in [-0.2, -0.15) is 0 Å². The SMILES string of the molecule is O=C(NCCCn1ccnc1)NC[C@H](c1ccco1)N1CCCCC1. The predicted molar refractivity (Wildman–Crippen MR) is 95.1 cm³/mol. The number of rotatable bonds is 8. The molecule has 1 saturated heterocycles. The molecular weight excluding hydrogens is 318 g/mol. The molecule has 7 nitrogen and oxygen atoms in total. The monoisotopic (exact) mass is 345 g/mol. The lowest BCUT2D eigenvalue weighted by Gasteiger charge is -2.33. The maximum atomic E-state index is 12.1. The molecule has 0 bridgehead atoms. The lowest BCUT2D eigenvalue weighted by Crippen LogP contribution is -2.43. The van der Waals surface area contributed by atoms with Crippen LogP contribution in [0.25, 0.3) is 0 Å². The summed E-state index contributed by atoms with van der Waals surface area (Å²) in [6.07, 6.45) is 11.7. The summed E-state index contributed by atoms with van der Waals surface area (Å²) in [6.45, 7) is 4.15. The number of amides is 2. The fourth-order valence-electron chi connectivity index (χ4n) is 3.25.